The first-order valence-corrected chi connectivity index (χ1v) is 6.58. The summed E-state index contributed by atoms with van der Waals surface area (Å²) >= 11 is 0. The van der Waals surface area contributed by atoms with E-state index in [0.717, 1.165) is 0 Å². The van der Waals surface area contributed by atoms with Crippen molar-refractivity contribution in [2.24, 2.45) is 0 Å². The first-order chi connectivity index (χ1) is 11.0. The number of halogens is 1. The Kier molecular flexibility index (Phi) is 5.20. The molecule has 0 saturated heterocycles. The van der Waals surface area contributed by atoms with Gasteiger partial charge < -0.3 is 21.1 Å². The van der Waals surface area contributed by atoms with Crippen LogP contribution in [0.3, 0.4) is 0 Å². The van der Waals surface area contributed by atoms with E-state index in [4.69, 9.17) is 10.5 Å². The number of hydrogen-bond donors (Lipinski definition) is 3. The minimum Gasteiger partial charge on any atom is -0.383 e. The second-order valence-electron chi connectivity index (χ2n) is 4.44. The van der Waals surface area contributed by atoms with Gasteiger partial charge in [0.1, 0.15) is 5.82 Å². The molecule has 9 nitrogen and oxygen atoms in total. The molecule has 4 N–H and O–H groups in total. The van der Waals surface area contributed by atoms with Crippen LogP contribution in [0.25, 0.3) is 0 Å². The van der Waals surface area contributed by atoms with Gasteiger partial charge in [0, 0.05) is 19.3 Å². The van der Waals surface area contributed by atoms with Crippen LogP contribution in [0.5, 0.6) is 0 Å². The number of nitro groups is 1. The van der Waals surface area contributed by atoms with Gasteiger partial charge in [-0.25, -0.2) is 4.39 Å². The molecule has 0 amide bonds. The fourth-order valence-corrected chi connectivity index (χ4v) is 1.79. The Morgan fingerprint density at radius 1 is 1.43 bits per heavy atom. The van der Waals surface area contributed by atoms with E-state index in [-0.39, 0.29) is 17.6 Å². The highest BCUT2D eigenvalue weighted by Crippen LogP contribution is 2.31. The Bertz CT molecular complexity index is 712. The van der Waals surface area contributed by atoms with Crippen molar-refractivity contribution in [2.45, 2.75) is 0 Å². The highest BCUT2D eigenvalue weighted by atomic mass is 19.1. The van der Waals surface area contributed by atoms with Gasteiger partial charge in [0.15, 0.2) is 0 Å². The van der Waals surface area contributed by atoms with Gasteiger partial charge >= 0.3 is 5.69 Å². The van der Waals surface area contributed by atoms with E-state index < -0.39 is 16.4 Å². The van der Waals surface area contributed by atoms with Crippen LogP contribution < -0.4 is 16.4 Å². The molecular weight excluding hydrogens is 307 g/mol. The molecule has 0 spiro atoms. The number of aromatic nitrogens is 2. The Morgan fingerprint density at radius 3 is 2.87 bits per heavy atom. The average molecular weight is 322 g/mol. The molecule has 2 rings (SSSR count). The maximum atomic E-state index is 13.2. The summed E-state index contributed by atoms with van der Waals surface area (Å²) in [5.41, 5.74) is 5.45. The number of nitrogens with two attached hydrogens (primary N) is 1. The molecular formula is C13H15FN6O3. The number of hydrogen-bond acceptors (Lipinski definition) is 8. The quantitative estimate of drug-likeness (QED) is 0.400. The third-order valence-corrected chi connectivity index (χ3v) is 2.77. The van der Waals surface area contributed by atoms with Crippen LogP contribution in [-0.4, -0.2) is 35.2 Å². The Labute approximate surface area is 130 Å². The largest absolute Gasteiger partial charge is 0.383 e. The van der Waals surface area contributed by atoms with E-state index in [1.54, 1.807) is 6.07 Å². The Balaban J connectivity index is 2.35. The fraction of sp³-hybridized carbons (Fsp3) is 0.231. The number of methoxy groups -OCH3 is 1. The monoisotopic (exact) mass is 322 g/mol. The number of nitrogens with zero attached hydrogens (tertiary/aromatic N) is 3. The zero-order valence-electron chi connectivity index (χ0n) is 12.2. The minimum atomic E-state index is -0.699. The molecule has 0 saturated carbocycles. The van der Waals surface area contributed by atoms with E-state index in [9.17, 15) is 14.5 Å². The summed E-state index contributed by atoms with van der Waals surface area (Å²) in [7, 11) is 1.53. The summed E-state index contributed by atoms with van der Waals surface area (Å²) < 4.78 is 18.1. The maximum Gasteiger partial charge on any atom is 0.353 e. The molecule has 0 bridgehead atoms. The Hall–Kier alpha value is -3.01. The fourth-order valence-electron chi connectivity index (χ4n) is 1.79. The standard InChI is InChI=1S/C13H15FN6O3/c1-23-6-5-16-13-18-11(15)10(20(21)22)12(19-13)17-9-4-2-3-8(14)7-9/h2-4,7H,5-6H2,1H3,(H4,15,16,17,18,19). The van der Waals surface area contributed by atoms with Gasteiger partial charge in [-0.2, -0.15) is 9.97 Å². The summed E-state index contributed by atoms with van der Waals surface area (Å²) in [6, 6.07) is 5.45. The zero-order chi connectivity index (χ0) is 16.8. The normalized spacial score (nSPS) is 10.3. The van der Waals surface area contributed by atoms with Gasteiger partial charge in [-0.3, -0.25) is 10.1 Å². The third kappa shape index (κ3) is 4.23. The van der Waals surface area contributed by atoms with Gasteiger partial charge in [-0.1, -0.05) is 6.07 Å². The number of anilines is 4. The maximum absolute atomic E-state index is 13.2. The lowest BCUT2D eigenvalue weighted by molar-refractivity contribution is -0.383. The van der Waals surface area contributed by atoms with E-state index in [2.05, 4.69) is 20.6 Å². The SMILES string of the molecule is COCCNc1nc(N)c([N+](=O)[O-])c(Nc2cccc(F)c2)n1. The first-order valence-electron chi connectivity index (χ1n) is 6.58. The molecule has 1 aromatic heterocycles. The first kappa shape index (κ1) is 16.4. The van der Waals surface area contributed by atoms with Crippen molar-refractivity contribution in [1.82, 2.24) is 9.97 Å². The summed E-state index contributed by atoms with van der Waals surface area (Å²) in [6.07, 6.45) is 0. The number of nitrogen functional groups attached to an aromatic ring is 1. The number of nitrogens with one attached hydrogen (secondary N) is 2. The second kappa shape index (κ2) is 7.31. The highest BCUT2D eigenvalue weighted by Gasteiger charge is 2.23. The molecule has 0 aliphatic carbocycles. The van der Waals surface area contributed by atoms with Gasteiger partial charge in [-0.05, 0) is 18.2 Å². The summed E-state index contributed by atoms with van der Waals surface area (Å²) in [6.45, 7) is 0.792. The molecule has 1 aromatic carbocycles. The van der Waals surface area contributed by atoms with Crippen molar-refractivity contribution in [1.29, 1.82) is 0 Å². The lowest BCUT2D eigenvalue weighted by Crippen LogP contribution is -2.13. The van der Waals surface area contributed by atoms with Gasteiger partial charge in [0.25, 0.3) is 0 Å². The molecule has 0 atom stereocenters. The summed E-state index contributed by atoms with van der Waals surface area (Å²) in [5, 5.41) is 16.7. The lowest BCUT2D eigenvalue weighted by Gasteiger charge is -2.10. The molecule has 0 unspecified atom stereocenters. The predicted octanol–water partition coefficient (Wildman–Crippen LogP) is 1.91. The van der Waals surface area contributed by atoms with Crippen LogP contribution >= 0.6 is 0 Å². The molecule has 10 heteroatoms. The van der Waals surface area contributed by atoms with Crippen molar-refractivity contribution in [3.05, 3.63) is 40.2 Å². The Morgan fingerprint density at radius 2 is 2.22 bits per heavy atom. The van der Waals surface area contributed by atoms with Crippen LogP contribution in [0.15, 0.2) is 24.3 Å². The van der Waals surface area contributed by atoms with Crippen molar-refractivity contribution >= 4 is 29.0 Å². The van der Waals surface area contributed by atoms with E-state index in [1.165, 1.54) is 25.3 Å². The summed E-state index contributed by atoms with van der Waals surface area (Å²) in [4.78, 5) is 18.3. The number of benzene rings is 1. The molecule has 2 aromatic rings. The van der Waals surface area contributed by atoms with E-state index in [1.807, 2.05) is 0 Å². The zero-order valence-corrected chi connectivity index (χ0v) is 12.2. The molecule has 1 heterocycles. The second-order valence-corrected chi connectivity index (χ2v) is 4.44. The van der Waals surface area contributed by atoms with Gasteiger partial charge in [-0.15, -0.1) is 0 Å². The summed E-state index contributed by atoms with van der Waals surface area (Å²) in [5.74, 6) is -0.820. The van der Waals surface area contributed by atoms with Crippen molar-refractivity contribution in [2.75, 3.05) is 36.6 Å². The van der Waals surface area contributed by atoms with Crippen molar-refractivity contribution < 1.29 is 14.1 Å². The molecule has 0 aliphatic rings. The average Bonchev–Trinajstić information content (AvgIpc) is 2.46. The third-order valence-electron chi connectivity index (χ3n) is 2.77. The van der Waals surface area contributed by atoms with Crippen LogP contribution in [0, 0.1) is 15.9 Å². The lowest BCUT2D eigenvalue weighted by atomic mass is 10.3. The van der Waals surface area contributed by atoms with Crippen molar-refractivity contribution in [3.63, 3.8) is 0 Å². The van der Waals surface area contributed by atoms with Crippen LogP contribution in [-0.2, 0) is 4.74 Å². The van der Waals surface area contributed by atoms with Crippen LogP contribution in [0.1, 0.15) is 0 Å². The van der Waals surface area contributed by atoms with Crippen LogP contribution in [0.4, 0.5) is 33.3 Å². The van der Waals surface area contributed by atoms with Gasteiger partial charge in [0.2, 0.25) is 17.6 Å². The molecule has 23 heavy (non-hydrogen) atoms. The molecule has 0 radical (unpaired) electrons. The molecule has 0 fully saturated rings. The predicted molar refractivity (Wildman–Crippen MR) is 83.1 cm³/mol. The van der Waals surface area contributed by atoms with Gasteiger partial charge in [0.05, 0.1) is 11.5 Å². The smallest absolute Gasteiger partial charge is 0.353 e. The number of rotatable bonds is 7. The number of ether oxygens (including phenoxy) is 1. The molecule has 0 aliphatic heterocycles. The molecule has 122 valence electrons. The highest BCUT2D eigenvalue weighted by molar-refractivity contribution is 5.74. The topological polar surface area (TPSA) is 128 Å². The van der Waals surface area contributed by atoms with E-state index in [0.29, 0.717) is 18.8 Å². The van der Waals surface area contributed by atoms with Crippen molar-refractivity contribution in [3.8, 4) is 0 Å². The minimum absolute atomic E-state index is 0.101. The van der Waals surface area contributed by atoms with Crippen LogP contribution in [0.2, 0.25) is 0 Å². The van der Waals surface area contributed by atoms with E-state index >= 15 is 0 Å².